The van der Waals surface area contributed by atoms with Crippen LogP contribution in [0.4, 0.5) is 4.79 Å². The van der Waals surface area contributed by atoms with Gasteiger partial charge in [-0.2, -0.15) is 0 Å². The van der Waals surface area contributed by atoms with Crippen LogP contribution in [-0.4, -0.2) is 42.8 Å². The zero-order valence-electron chi connectivity index (χ0n) is 12.4. The van der Waals surface area contributed by atoms with Crippen LogP contribution < -0.4 is 0 Å². The Morgan fingerprint density at radius 1 is 1.26 bits per heavy atom. The fourth-order valence-corrected chi connectivity index (χ4v) is 2.21. The molecule has 0 saturated carbocycles. The van der Waals surface area contributed by atoms with Crippen LogP contribution in [0, 0.1) is 5.92 Å². The van der Waals surface area contributed by atoms with Crippen LogP contribution in [-0.2, 0) is 14.3 Å². The monoisotopic (exact) mass is 271 g/mol. The van der Waals surface area contributed by atoms with Crippen molar-refractivity contribution in [3.63, 3.8) is 0 Å². The van der Waals surface area contributed by atoms with Gasteiger partial charge in [0, 0.05) is 19.5 Å². The normalized spacial score (nSPS) is 20.6. The van der Waals surface area contributed by atoms with E-state index in [4.69, 9.17) is 9.47 Å². The van der Waals surface area contributed by atoms with Crippen molar-refractivity contribution in [3.05, 3.63) is 0 Å². The van der Waals surface area contributed by atoms with Gasteiger partial charge in [-0.25, -0.2) is 4.79 Å². The summed E-state index contributed by atoms with van der Waals surface area (Å²) in [5, 5.41) is 0. The lowest BCUT2D eigenvalue weighted by atomic mass is 10.00. The van der Waals surface area contributed by atoms with Gasteiger partial charge in [0.05, 0.1) is 7.11 Å². The summed E-state index contributed by atoms with van der Waals surface area (Å²) in [6, 6.07) is 0. The van der Waals surface area contributed by atoms with E-state index in [0.29, 0.717) is 19.5 Å². The van der Waals surface area contributed by atoms with Gasteiger partial charge in [-0.05, 0) is 39.5 Å². The lowest BCUT2D eigenvalue weighted by Crippen LogP contribution is -2.39. The van der Waals surface area contributed by atoms with Crippen molar-refractivity contribution in [1.82, 2.24) is 4.90 Å². The summed E-state index contributed by atoms with van der Waals surface area (Å²) in [7, 11) is 1.39. The van der Waals surface area contributed by atoms with Gasteiger partial charge in [0.25, 0.3) is 0 Å². The number of amides is 1. The number of carbonyl (C=O) groups is 2. The molecule has 1 atom stereocenters. The third-order valence-electron chi connectivity index (χ3n) is 3.10. The first kappa shape index (κ1) is 15.8. The van der Waals surface area contributed by atoms with Crippen molar-refractivity contribution >= 4 is 12.1 Å². The van der Waals surface area contributed by atoms with Crippen molar-refractivity contribution in [2.75, 3.05) is 20.2 Å². The van der Waals surface area contributed by atoms with E-state index < -0.39 is 5.60 Å². The highest BCUT2D eigenvalue weighted by Crippen LogP contribution is 2.21. The van der Waals surface area contributed by atoms with E-state index in [1.54, 1.807) is 4.90 Å². The number of ether oxygens (including phenoxy) is 2. The maximum absolute atomic E-state index is 12.1. The number of methoxy groups -OCH3 is 1. The average Bonchev–Trinajstić information content (AvgIpc) is 2.52. The van der Waals surface area contributed by atoms with Gasteiger partial charge >= 0.3 is 12.1 Å². The molecule has 0 aliphatic carbocycles. The largest absolute Gasteiger partial charge is 0.469 e. The minimum absolute atomic E-state index is 0.169. The summed E-state index contributed by atoms with van der Waals surface area (Å²) in [4.78, 5) is 25.1. The molecular weight excluding hydrogens is 246 g/mol. The fourth-order valence-electron chi connectivity index (χ4n) is 2.21. The molecule has 1 saturated heterocycles. The molecule has 0 spiro atoms. The number of likely N-dealkylation sites (tertiary alicyclic amines) is 1. The Morgan fingerprint density at radius 3 is 2.53 bits per heavy atom. The average molecular weight is 271 g/mol. The highest BCUT2D eigenvalue weighted by atomic mass is 16.6. The van der Waals surface area contributed by atoms with Gasteiger partial charge < -0.3 is 14.4 Å². The van der Waals surface area contributed by atoms with Crippen LogP contribution in [0.1, 0.15) is 46.5 Å². The zero-order valence-corrected chi connectivity index (χ0v) is 12.4. The topological polar surface area (TPSA) is 55.8 Å². The molecule has 0 N–H and O–H groups in total. The van der Waals surface area contributed by atoms with Crippen LogP contribution in [0.5, 0.6) is 0 Å². The maximum Gasteiger partial charge on any atom is 0.410 e. The third kappa shape index (κ3) is 5.94. The maximum atomic E-state index is 12.1. The van der Waals surface area contributed by atoms with Gasteiger partial charge in [0.2, 0.25) is 0 Å². The Balaban J connectivity index is 2.57. The molecule has 110 valence electrons. The molecule has 1 rings (SSSR count). The molecule has 19 heavy (non-hydrogen) atoms. The van der Waals surface area contributed by atoms with E-state index >= 15 is 0 Å². The Morgan fingerprint density at radius 2 is 1.95 bits per heavy atom. The molecule has 1 amide bonds. The van der Waals surface area contributed by atoms with Gasteiger partial charge in [0.15, 0.2) is 0 Å². The summed E-state index contributed by atoms with van der Waals surface area (Å²) in [6.07, 6.45) is 3.02. The highest BCUT2D eigenvalue weighted by Gasteiger charge is 2.27. The smallest absolute Gasteiger partial charge is 0.410 e. The van der Waals surface area contributed by atoms with Crippen molar-refractivity contribution in [1.29, 1.82) is 0 Å². The van der Waals surface area contributed by atoms with E-state index in [0.717, 1.165) is 19.3 Å². The zero-order chi connectivity index (χ0) is 14.5. The minimum atomic E-state index is -0.485. The molecule has 1 heterocycles. The molecule has 0 aromatic carbocycles. The predicted molar refractivity (Wildman–Crippen MR) is 71.8 cm³/mol. The van der Waals surface area contributed by atoms with Gasteiger partial charge in [-0.1, -0.05) is 6.42 Å². The standard InChI is InChI=1S/C14H25NO4/c1-14(2,3)19-13(17)15-8-6-5-7-11(10-15)9-12(16)18-4/h11H,5-10H2,1-4H3. The Hall–Kier alpha value is -1.26. The Kier molecular flexibility index (Phi) is 5.63. The van der Waals surface area contributed by atoms with E-state index in [9.17, 15) is 9.59 Å². The molecule has 1 fully saturated rings. The van der Waals surface area contributed by atoms with E-state index in [1.807, 2.05) is 20.8 Å². The van der Waals surface area contributed by atoms with E-state index in [1.165, 1.54) is 7.11 Å². The molecule has 0 aromatic heterocycles. The molecule has 5 nitrogen and oxygen atoms in total. The SMILES string of the molecule is COC(=O)CC1CCCCN(C(=O)OC(C)(C)C)C1. The first-order valence-corrected chi connectivity index (χ1v) is 6.86. The number of esters is 1. The molecule has 0 radical (unpaired) electrons. The number of nitrogens with zero attached hydrogens (tertiary/aromatic N) is 1. The van der Waals surface area contributed by atoms with E-state index in [-0.39, 0.29) is 18.0 Å². The first-order chi connectivity index (χ1) is 8.81. The van der Waals surface area contributed by atoms with Crippen LogP contribution in [0.3, 0.4) is 0 Å². The van der Waals surface area contributed by atoms with Crippen LogP contribution >= 0.6 is 0 Å². The third-order valence-corrected chi connectivity index (χ3v) is 3.10. The lowest BCUT2D eigenvalue weighted by molar-refractivity contribution is -0.141. The molecule has 1 aliphatic heterocycles. The lowest BCUT2D eigenvalue weighted by Gasteiger charge is -2.28. The first-order valence-electron chi connectivity index (χ1n) is 6.86. The quantitative estimate of drug-likeness (QED) is 0.724. The Labute approximate surface area is 115 Å². The van der Waals surface area contributed by atoms with Crippen LogP contribution in [0.2, 0.25) is 0 Å². The van der Waals surface area contributed by atoms with Crippen LogP contribution in [0.25, 0.3) is 0 Å². The van der Waals surface area contributed by atoms with Crippen molar-refractivity contribution in [3.8, 4) is 0 Å². The highest BCUT2D eigenvalue weighted by molar-refractivity contribution is 5.70. The summed E-state index contributed by atoms with van der Waals surface area (Å²) >= 11 is 0. The fraction of sp³-hybridized carbons (Fsp3) is 0.857. The van der Waals surface area contributed by atoms with Gasteiger partial charge in [-0.3, -0.25) is 4.79 Å². The van der Waals surface area contributed by atoms with Gasteiger partial charge in [0.1, 0.15) is 5.60 Å². The van der Waals surface area contributed by atoms with Crippen LogP contribution in [0.15, 0.2) is 0 Å². The summed E-state index contributed by atoms with van der Waals surface area (Å²) in [6.45, 7) is 6.84. The molecule has 0 aromatic rings. The predicted octanol–water partition coefficient (Wildman–Crippen LogP) is 2.59. The molecule has 0 bridgehead atoms. The van der Waals surface area contributed by atoms with Crippen molar-refractivity contribution in [2.45, 2.75) is 52.1 Å². The summed E-state index contributed by atoms with van der Waals surface area (Å²) in [5.74, 6) is -0.0430. The Bertz CT molecular complexity index is 322. The number of rotatable bonds is 2. The van der Waals surface area contributed by atoms with Crippen molar-refractivity contribution < 1.29 is 19.1 Å². The van der Waals surface area contributed by atoms with Gasteiger partial charge in [-0.15, -0.1) is 0 Å². The molecule has 1 unspecified atom stereocenters. The number of hydrogen-bond donors (Lipinski definition) is 0. The molecule has 5 heteroatoms. The second-order valence-electron chi connectivity index (χ2n) is 6.07. The molecule has 1 aliphatic rings. The summed E-state index contributed by atoms with van der Waals surface area (Å²) < 4.78 is 10.1. The second kappa shape index (κ2) is 6.78. The molecular formula is C14H25NO4. The van der Waals surface area contributed by atoms with E-state index in [2.05, 4.69) is 0 Å². The minimum Gasteiger partial charge on any atom is -0.469 e. The summed E-state index contributed by atoms with van der Waals surface area (Å²) in [5.41, 5.74) is -0.485. The van der Waals surface area contributed by atoms with Crippen molar-refractivity contribution in [2.24, 2.45) is 5.92 Å². The number of carbonyl (C=O) groups excluding carboxylic acids is 2. The second-order valence-corrected chi connectivity index (χ2v) is 6.07. The number of hydrogen-bond acceptors (Lipinski definition) is 4.